The Morgan fingerprint density at radius 3 is 2.71 bits per heavy atom. The van der Waals surface area contributed by atoms with Gasteiger partial charge in [0.1, 0.15) is 0 Å². The summed E-state index contributed by atoms with van der Waals surface area (Å²) in [6.45, 7) is 4.01. The highest BCUT2D eigenvalue weighted by molar-refractivity contribution is 5.95. The van der Waals surface area contributed by atoms with E-state index >= 15 is 0 Å². The van der Waals surface area contributed by atoms with Crippen molar-refractivity contribution in [1.29, 1.82) is 0 Å². The Hall–Kier alpha value is -1.72. The molecule has 0 bridgehead atoms. The van der Waals surface area contributed by atoms with Crippen LogP contribution in [0.5, 0.6) is 0 Å². The van der Waals surface area contributed by atoms with Gasteiger partial charge in [0, 0.05) is 36.8 Å². The molecule has 5 heteroatoms. The van der Waals surface area contributed by atoms with Crippen LogP contribution >= 0.6 is 0 Å². The van der Waals surface area contributed by atoms with E-state index in [1.807, 2.05) is 0 Å². The molecule has 2 atom stereocenters. The highest BCUT2D eigenvalue weighted by Gasteiger charge is 2.33. The Labute approximate surface area is 143 Å². The third-order valence-electron chi connectivity index (χ3n) is 5.05. The van der Waals surface area contributed by atoms with Gasteiger partial charge in [-0.1, -0.05) is 12.8 Å². The van der Waals surface area contributed by atoms with Gasteiger partial charge in [-0.3, -0.25) is 14.5 Å². The van der Waals surface area contributed by atoms with Gasteiger partial charge in [0.2, 0.25) is 5.91 Å². The van der Waals surface area contributed by atoms with E-state index in [2.05, 4.69) is 10.2 Å². The van der Waals surface area contributed by atoms with Crippen molar-refractivity contribution in [3.8, 4) is 0 Å². The van der Waals surface area contributed by atoms with Crippen LogP contribution in [0.4, 0.5) is 5.69 Å². The molecule has 2 fully saturated rings. The fourth-order valence-corrected chi connectivity index (χ4v) is 3.71. The van der Waals surface area contributed by atoms with Gasteiger partial charge in [-0.2, -0.15) is 0 Å². The van der Waals surface area contributed by atoms with Crippen LogP contribution in [0.25, 0.3) is 0 Å². The number of Topliss-reactive ketones (excluding diaryl/α,β-unsaturated/α-hetero) is 1. The number of carbonyl (C=O) groups excluding carboxylic acids is 2. The molecule has 130 valence electrons. The Kier molecular flexibility index (Phi) is 5.63. The lowest BCUT2D eigenvalue weighted by molar-refractivity contribution is -0.118. The number of hydrogen-bond donors (Lipinski definition) is 1. The Bertz CT molecular complexity index is 583. The number of nitrogens with zero attached hydrogens (tertiary/aromatic N) is 1. The molecule has 1 aromatic rings. The topological polar surface area (TPSA) is 58.6 Å². The summed E-state index contributed by atoms with van der Waals surface area (Å²) in [4.78, 5) is 25.9. The van der Waals surface area contributed by atoms with Crippen molar-refractivity contribution < 1.29 is 14.3 Å². The molecule has 0 radical (unpaired) electrons. The molecule has 0 aromatic heterocycles. The van der Waals surface area contributed by atoms with Gasteiger partial charge in [0.05, 0.1) is 12.7 Å². The number of nitrogens with one attached hydrogen (secondary N) is 1. The predicted octanol–water partition coefficient (Wildman–Crippen LogP) is 2.86. The van der Waals surface area contributed by atoms with E-state index in [0.717, 1.165) is 31.8 Å². The molecule has 1 aromatic carbocycles. The van der Waals surface area contributed by atoms with Gasteiger partial charge < -0.3 is 10.1 Å². The Balaban J connectivity index is 1.49. The normalized spacial score (nSPS) is 24.2. The van der Waals surface area contributed by atoms with Gasteiger partial charge in [-0.05, 0) is 44.0 Å². The first kappa shape index (κ1) is 17.1. The quantitative estimate of drug-likeness (QED) is 0.844. The lowest BCUT2D eigenvalue weighted by atomic mass is 9.90. The number of ether oxygens (including phenoxy) is 1. The third-order valence-corrected chi connectivity index (χ3v) is 5.05. The summed E-state index contributed by atoms with van der Waals surface area (Å²) in [6.07, 6.45) is 5.68. The third kappa shape index (κ3) is 4.22. The van der Waals surface area contributed by atoms with Crippen molar-refractivity contribution in [2.45, 2.75) is 51.2 Å². The first-order chi connectivity index (χ1) is 11.6. The lowest BCUT2D eigenvalue weighted by Gasteiger charge is -2.43. The molecule has 1 saturated carbocycles. The van der Waals surface area contributed by atoms with Crippen LogP contribution in [0, 0.1) is 0 Å². The van der Waals surface area contributed by atoms with Gasteiger partial charge in [0.25, 0.3) is 0 Å². The molecule has 1 amide bonds. The Morgan fingerprint density at radius 1 is 1.21 bits per heavy atom. The number of ketones is 1. The van der Waals surface area contributed by atoms with Gasteiger partial charge >= 0.3 is 0 Å². The molecule has 5 nitrogen and oxygen atoms in total. The molecule has 0 spiro atoms. The molecular formula is C19H26N2O3. The summed E-state index contributed by atoms with van der Waals surface area (Å²) in [6, 6.07) is 7.52. The van der Waals surface area contributed by atoms with Gasteiger partial charge in [-0.25, -0.2) is 0 Å². The zero-order chi connectivity index (χ0) is 16.9. The van der Waals surface area contributed by atoms with Crippen molar-refractivity contribution in [3.05, 3.63) is 29.8 Å². The molecule has 3 rings (SSSR count). The SMILES string of the molecule is CC(=O)c1ccc(NC(=O)CCN2CCOC3CCCCC32)cc1. The monoisotopic (exact) mass is 330 g/mol. The minimum Gasteiger partial charge on any atom is -0.375 e. The zero-order valence-electron chi connectivity index (χ0n) is 14.3. The summed E-state index contributed by atoms with van der Waals surface area (Å²) in [7, 11) is 0. The average Bonchev–Trinajstić information content (AvgIpc) is 2.60. The lowest BCUT2D eigenvalue weighted by Crippen LogP contribution is -2.53. The molecule has 1 aliphatic carbocycles. The number of anilines is 1. The van der Waals surface area contributed by atoms with E-state index in [-0.39, 0.29) is 11.7 Å². The highest BCUT2D eigenvalue weighted by Crippen LogP contribution is 2.28. The summed E-state index contributed by atoms with van der Waals surface area (Å²) in [5.74, 6) is 0.0478. The van der Waals surface area contributed by atoms with Crippen LogP contribution in [0.2, 0.25) is 0 Å². The Morgan fingerprint density at radius 2 is 1.96 bits per heavy atom. The van der Waals surface area contributed by atoms with Gasteiger partial charge in [-0.15, -0.1) is 0 Å². The fraction of sp³-hybridized carbons (Fsp3) is 0.579. The minimum atomic E-state index is 0.0180. The van der Waals surface area contributed by atoms with Crippen LogP contribution in [0.3, 0.4) is 0 Å². The van der Waals surface area contributed by atoms with Crippen molar-refractivity contribution >= 4 is 17.4 Å². The van der Waals surface area contributed by atoms with Crippen LogP contribution in [0.15, 0.2) is 24.3 Å². The molecule has 1 heterocycles. The van der Waals surface area contributed by atoms with Gasteiger partial charge in [0.15, 0.2) is 5.78 Å². The van der Waals surface area contributed by atoms with Crippen LogP contribution < -0.4 is 5.32 Å². The fourth-order valence-electron chi connectivity index (χ4n) is 3.71. The van der Waals surface area contributed by atoms with Crippen molar-refractivity contribution in [2.24, 2.45) is 0 Å². The summed E-state index contributed by atoms with van der Waals surface area (Å²) >= 11 is 0. The van der Waals surface area contributed by atoms with E-state index < -0.39 is 0 Å². The van der Waals surface area contributed by atoms with Crippen molar-refractivity contribution in [2.75, 3.05) is 25.0 Å². The first-order valence-corrected chi connectivity index (χ1v) is 8.90. The molecular weight excluding hydrogens is 304 g/mol. The second-order valence-corrected chi connectivity index (χ2v) is 6.73. The van der Waals surface area contributed by atoms with Crippen LogP contribution in [-0.2, 0) is 9.53 Å². The van der Waals surface area contributed by atoms with Crippen molar-refractivity contribution in [1.82, 2.24) is 4.90 Å². The van der Waals surface area contributed by atoms with E-state index in [4.69, 9.17) is 4.74 Å². The number of hydrogen-bond acceptors (Lipinski definition) is 4. The number of morpholine rings is 1. The average molecular weight is 330 g/mol. The number of benzene rings is 1. The number of rotatable bonds is 5. The van der Waals surface area contributed by atoms with E-state index in [0.29, 0.717) is 24.1 Å². The maximum absolute atomic E-state index is 12.2. The second kappa shape index (κ2) is 7.90. The molecule has 1 aliphatic heterocycles. The van der Waals surface area contributed by atoms with Crippen LogP contribution in [-0.4, -0.2) is 48.4 Å². The largest absolute Gasteiger partial charge is 0.375 e. The smallest absolute Gasteiger partial charge is 0.225 e. The maximum atomic E-state index is 12.2. The summed E-state index contributed by atoms with van der Waals surface area (Å²) in [5, 5.41) is 2.91. The minimum absolute atomic E-state index is 0.0180. The number of carbonyl (C=O) groups is 2. The van der Waals surface area contributed by atoms with Crippen LogP contribution in [0.1, 0.15) is 49.4 Å². The second-order valence-electron chi connectivity index (χ2n) is 6.73. The van der Waals surface area contributed by atoms with Crippen molar-refractivity contribution in [3.63, 3.8) is 0 Å². The maximum Gasteiger partial charge on any atom is 0.225 e. The number of amides is 1. The van der Waals surface area contributed by atoms with E-state index in [9.17, 15) is 9.59 Å². The first-order valence-electron chi connectivity index (χ1n) is 8.90. The number of fused-ring (bicyclic) bond motifs is 1. The predicted molar refractivity (Wildman–Crippen MR) is 93.3 cm³/mol. The summed E-state index contributed by atoms with van der Waals surface area (Å²) in [5.41, 5.74) is 1.40. The summed E-state index contributed by atoms with van der Waals surface area (Å²) < 4.78 is 5.88. The molecule has 1 saturated heterocycles. The van der Waals surface area contributed by atoms with E-state index in [1.165, 1.54) is 26.2 Å². The highest BCUT2D eigenvalue weighted by atomic mass is 16.5. The zero-order valence-corrected chi connectivity index (χ0v) is 14.3. The van der Waals surface area contributed by atoms with E-state index in [1.54, 1.807) is 24.3 Å². The molecule has 2 unspecified atom stereocenters. The standard InChI is InChI=1S/C19H26N2O3/c1-14(22)15-6-8-16(9-7-15)20-19(23)10-11-21-12-13-24-18-5-3-2-4-17(18)21/h6-9,17-18H,2-5,10-13H2,1H3,(H,20,23). The molecule has 24 heavy (non-hydrogen) atoms. The molecule has 2 aliphatic rings. The molecule has 1 N–H and O–H groups in total.